The summed E-state index contributed by atoms with van der Waals surface area (Å²) in [6, 6.07) is 6.86. The molecule has 0 bridgehead atoms. The standard InChI is InChI=1S/C12H15Cl2N3O/c1-12(2,3)16-11(18)8-15-17(14)10-6-4-5-9(13)7-10/h4-8H,1-3H3,(H,16,18). The Morgan fingerprint density at radius 2 is 2.11 bits per heavy atom. The van der Waals surface area contributed by atoms with Crippen LogP contribution in [-0.4, -0.2) is 17.7 Å². The lowest BCUT2D eigenvalue weighted by Gasteiger charge is -2.18. The molecule has 0 saturated carbocycles. The Kier molecular flexibility index (Phi) is 4.99. The van der Waals surface area contributed by atoms with Crippen LogP contribution in [-0.2, 0) is 4.79 Å². The molecule has 0 unspecified atom stereocenters. The first kappa shape index (κ1) is 14.8. The summed E-state index contributed by atoms with van der Waals surface area (Å²) in [7, 11) is 0. The Hall–Kier alpha value is -1.26. The van der Waals surface area contributed by atoms with E-state index in [0.717, 1.165) is 10.7 Å². The van der Waals surface area contributed by atoms with Crippen LogP contribution in [0.1, 0.15) is 20.8 Å². The average Bonchev–Trinajstić information content (AvgIpc) is 2.23. The van der Waals surface area contributed by atoms with Gasteiger partial charge in [0, 0.05) is 22.3 Å². The van der Waals surface area contributed by atoms with Gasteiger partial charge in [-0.25, -0.2) is 0 Å². The summed E-state index contributed by atoms with van der Waals surface area (Å²) in [5.74, 6) is -0.310. The van der Waals surface area contributed by atoms with Crippen molar-refractivity contribution in [1.82, 2.24) is 5.32 Å². The fourth-order valence-corrected chi connectivity index (χ4v) is 1.50. The summed E-state index contributed by atoms with van der Waals surface area (Å²) >= 11 is 11.7. The van der Waals surface area contributed by atoms with Crippen LogP contribution in [0.2, 0.25) is 5.02 Å². The SMILES string of the molecule is CC(C)(C)NC(=O)C=NN(Cl)c1cccc(Cl)c1. The number of hydrogen-bond acceptors (Lipinski definition) is 3. The molecule has 0 radical (unpaired) electrons. The number of nitrogens with zero attached hydrogens (tertiary/aromatic N) is 2. The number of amides is 1. The van der Waals surface area contributed by atoms with Crippen molar-refractivity contribution in [3.05, 3.63) is 29.3 Å². The maximum Gasteiger partial charge on any atom is 0.264 e. The van der Waals surface area contributed by atoms with Gasteiger partial charge in [0.2, 0.25) is 0 Å². The monoisotopic (exact) mass is 287 g/mol. The molecule has 18 heavy (non-hydrogen) atoms. The van der Waals surface area contributed by atoms with Crippen LogP contribution in [0.15, 0.2) is 29.4 Å². The van der Waals surface area contributed by atoms with Gasteiger partial charge in [-0.1, -0.05) is 17.7 Å². The first-order valence-corrected chi connectivity index (χ1v) is 6.07. The maximum atomic E-state index is 11.5. The van der Waals surface area contributed by atoms with Gasteiger partial charge >= 0.3 is 0 Å². The van der Waals surface area contributed by atoms with E-state index in [1.165, 1.54) is 0 Å². The van der Waals surface area contributed by atoms with Crippen molar-refractivity contribution < 1.29 is 4.79 Å². The highest BCUT2D eigenvalue weighted by molar-refractivity contribution is 6.32. The number of hydrogen-bond donors (Lipinski definition) is 1. The minimum absolute atomic E-state index is 0.309. The third-order valence-corrected chi connectivity index (χ3v) is 2.31. The molecule has 0 heterocycles. The summed E-state index contributed by atoms with van der Waals surface area (Å²) in [6.45, 7) is 5.65. The van der Waals surface area contributed by atoms with E-state index in [1.807, 2.05) is 20.8 Å². The van der Waals surface area contributed by atoms with Crippen molar-refractivity contribution in [2.45, 2.75) is 26.3 Å². The van der Waals surface area contributed by atoms with Crippen molar-refractivity contribution in [2.24, 2.45) is 5.10 Å². The summed E-state index contributed by atoms with van der Waals surface area (Å²) in [5, 5.41) is 7.11. The van der Waals surface area contributed by atoms with Crippen LogP contribution in [0.3, 0.4) is 0 Å². The molecule has 1 aromatic rings. The van der Waals surface area contributed by atoms with Crippen molar-refractivity contribution >= 4 is 41.2 Å². The molecule has 0 aliphatic rings. The molecule has 1 rings (SSSR count). The fourth-order valence-electron chi connectivity index (χ4n) is 1.16. The lowest BCUT2D eigenvalue weighted by atomic mass is 10.1. The van der Waals surface area contributed by atoms with Gasteiger partial charge in [0.05, 0.1) is 5.69 Å². The molecule has 0 fully saturated rings. The van der Waals surface area contributed by atoms with Gasteiger partial charge in [0.1, 0.15) is 6.21 Å². The average molecular weight is 288 g/mol. The van der Waals surface area contributed by atoms with E-state index in [9.17, 15) is 4.79 Å². The molecule has 4 nitrogen and oxygen atoms in total. The van der Waals surface area contributed by atoms with Crippen LogP contribution in [0.25, 0.3) is 0 Å². The number of benzene rings is 1. The smallest absolute Gasteiger partial charge is 0.264 e. The van der Waals surface area contributed by atoms with Crippen LogP contribution < -0.4 is 9.84 Å². The molecule has 0 aromatic heterocycles. The molecule has 0 aliphatic heterocycles. The number of rotatable bonds is 3. The van der Waals surface area contributed by atoms with Gasteiger partial charge < -0.3 is 5.32 Å². The highest BCUT2D eigenvalue weighted by Crippen LogP contribution is 2.20. The number of carbonyl (C=O) groups is 1. The normalized spacial score (nSPS) is 11.6. The van der Waals surface area contributed by atoms with E-state index in [4.69, 9.17) is 23.4 Å². The minimum atomic E-state index is -0.310. The van der Waals surface area contributed by atoms with Crippen molar-refractivity contribution in [3.63, 3.8) is 0 Å². The fraction of sp³-hybridized carbons (Fsp3) is 0.333. The van der Waals surface area contributed by atoms with E-state index in [-0.39, 0.29) is 11.4 Å². The number of carbonyl (C=O) groups excluding carboxylic acids is 1. The second kappa shape index (κ2) is 6.07. The number of hydrazone groups is 1. The van der Waals surface area contributed by atoms with Crippen LogP contribution in [0.4, 0.5) is 5.69 Å². The minimum Gasteiger partial charge on any atom is -0.347 e. The van der Waals surface area contributed by atoms with E-state index in [2.05, 4.69) is 10.4 Å². The molecule has 1 aromatic carbocycles. The van der Waals surface area contributed by atoms with Crippen LogP contribution in [0.5, 0.6) is 0 Å². The van der Waals surface area contributed by atoms with Gasteiger partial charge in [0.15, 0.2) is 0 Å². The molecular weight excluding hydrogens is 273 g/mol. The zero-order chi connectivity index (χ0) is 13.8. The van der Waals surface area contributed by atoms with Crippen LogP contribution >= 0.6 is 23.4 Å². The summed E-state index contributed by atoms with van der Waals surface area (Å²) in [6.07, 6.45) is 1.12. The Morgan fingerprint density at radius 1 is 1.44 bits per heavy atom. The van der Waals surface area contributed by atoms with Crippen molar-refractivity contribution in [1.29, 1.82) is 0 Å². The number of halogens is 2. The molecule has 98 valence electrons. The third kappa shape index (κ3) is 5.38. The van der Waals surface area contributed by atoms with Gasteiger partial charge in [-0.3, -0.25) is 4.79 Å². The molecule has 0 spiro atoms. The highest BCUT2D eigenvalue weighted by Gasteiger charge is 2.12. The molecule has 1 N–H and O–H groups in total. The molecule has 0 atom stereocenters. The lowest BCUT2D eigenvalue weighted by molar-refractivity contribution is -0.115. The number of anilines is 1. The quantitative estimate of drug-likeness (QED) is 0.527. The van der Waals surface area contributed by atoms with E-state index < -0.39 is 0 Å². The van der Waals surface area contributed by atoms with Gasteiger partial charge in [-0.15, -0.1) is 0 Å². The second-order valence-corrected chi connectivity index (χ2v) is 5.48. The first-order valence-electron chi connectivity index (χ1n) is 5.35. The summed E-state index contributed by atoms with van der Waals surface area (Å²) in [4.78, 5) is 11.5. The van der Waals surface area contributed by atoms with Gasteiger partial charge in [-0.2, -0.15) is 9.63 Å². The Balaban J connectivity index is 2.65. The Bertz CT molecular complexity index is 455. The van der Waals surface area contributed by atoms with E-state index >= 15 is 0 Å². The Morgan fingerprint density at radius 3 is 2.67 bits per heavy atom. The lowest BCUT2D eigenvalue weighted by Crippen LogP contribution is -2.41. The zero-order valence-electron chi connectivity index (χ0n) is 10.4. The Labute approximate surface area is 117 Å². The van der Waals surface area contributed by atoms with Gasteiger partial charge in [0.25, 0.3) is 5.91 Å². The number of nitrogens with one attached hydrogen (secondary N) is 1. The molecular formula is C12H15Cl2N3O. The molecule has 0 aliphatic carbocycles. The predicted molar refractivity (Wildman–Crippen MR) is 76.2 cm³/mol. The third-order valence-electron chi connectivity index (χ3n) is 1.80. The topological polar surface area (TPSA) is 44.7 Å². The van der Waals surface area contributed by atoms with Gasteiger partial charge in [-0.05, 0) is 39.0 Å². The molecule has 6 heteroatoms. The molecule has 1 amide bonds. The predicted octanol–water partition coefficient (Wildman–Crippen LogP) is 3.20. The largest absolute Gasteiger partial charge is 0.347 e. The second-order valence-electron chi connectivity index (χ2n) is 4.72. The van der Waals surface area contributed by atoms with E-state index in [1.54, 1.807) is 24.3 Å². The summed E-state index contributed by atoms with van der Waals surface area (Å²) in [5.41, 5.74) is 0.278. The maximum absolute atomic E-state index is 11.5. The molecule has 0 saturated heterocycles. The van der Waals surface area contributed by atoms with Crippen molar-refractivity contribution in [2.75, 3.05) is 4.53 Å². The van der Waals surface area contributed by atoms with Crippen molar-refractivity contribution in [3.8, 4) is 0 Å². The zero-order valence-corrected chi connectivity index (χ0v) is 12.0. The highest BCUT2D eigenvalue weighted by atomic mass is 35.5. The van der Waals surface area contributed by atoms with E-state index in [0.29, 0.717) is 10.7 Å². The first-order chi connectivity index (χ1) is 8.28. The van der Waals surface area contributed by atoms with Crippen LogP contribution in [0, 0.1) is 0 Å². The summed E-state index contributed by atoms with van der Waals surface area (Å²) < 4.78 is 1.06.